The van der Waals surface area contributed by atoms with Crippen molar-refractivity contribution in [2.45, 2.75) is 77.8 Å². The van der Waals surface area contributed by atoms with Crippen LogP contribution in [0.4, 0.5) is 0 Å². The Morgan fingerprint density at radius 1 is 0.774 bits per heavy atom. The minimum Gasteiger partial charge on any atom is -0.414 e. The van der Waals surface area contributed by atoms with Gasteiger partial charge in [-0.3, -0.25) is 0 Å². The Kier molecular flexibility index (Phi) is 10.2. The van der Waals surface area contributed by atoms with Crippen LogP contribution in [0.1, 0.15) is 41.5 Å². The van der Waals surface area contributed by atoms with E-state index in [-0.39, 0.29) is 24.4 Å². The summed E-state index contributed by atoms with van der Waals surface area (Å²) in [6.07, 6.45) is 0.215. The van der Waals surface area contributed by atoms with Crippen molar-refractivity contribution >= 4 is 63.1 Å². The van der Waals surface area contributed by atoms with Gasteiger partial charge in [0.2, 0.25) is 9.04 Å². The molecule has 2 saturated heterocycles. The van der Waals surface area contributed by atoms with Crippen LogP contribution < -0.4 is 0 Å². The Morgan fingerprint density at radius 2 is 1.39 bits per heavy atom. The van der Waals surface area contributed by atoms with Crippen LogP contribution in [0.15, 0.2) is 0 Å². The van der Waals surface area contributed by atoms with Gasteiger partial charge in [-0.25, -0.2) is 0 Å². The summed E-state index contributed by atoms with van der Waals surface area (Å²) in [7, 11) is -20.9. The van der Waals surface area contributed by atoms with Crippen molar-refractivity contribution in [3.05, 3.63) is 0 Å². The highest BCUT2D eigenvalue weighted by Gasteiger charge is 2.68. The van der Waals surface area contributed by atoms with Gasteiger partial charge in [-0.1, -0.05) is 41.5 Å². The fourth-order valence-corrected chi connectivity index (χ4v) is 30.4. The van der Waals surface area contributed by atoms with E-state index in [1.807, 2.05) is 27.7 Å². The van der Waals surface area contributed by atoms with Gasteiger partial charge in [0, 0.05) is 30.2 Å². The molecule has 31 heavy (non-hydrogen) atoms. The fourth-order valence-electron chi connectivity index (χ4n) is 3.10. The van der Waals surface area contributed by atoms with E-state index in [1.165, 1.54) is 0 Å². The fraction of sp³-hybridized carbons (Fsp3) is 1.00. The van der Waals surface area contributed by atoms with Crippen molar-refractivity contribution in [1.82, 2.24) is 0 Å². The molecule has 0 aromatic rings. The number of hydrogen-bond acceptors (Lipinski definition) is 11. The second-order valence-corrected chi connectivity index (χ2v) is 26.0. The maximum atomic E-state index is 11.4. The summed E-state index contributed by atoms with van der Waals surface area (Å²) in [5.74, 6) is 0. The van der Waals surface area contributed by atoms with Crippen LogP contribution in [-0.2, 0) is 33.2 Å². The van der Waals surface area contributed by atoms with Gasteiger partial charge in [0.1, 0.15) is 0 Å². The lowest BCUT2D eigenvalue weighted by atomic mass is 11.0. The molecule has 2 bridgehead atoms. The van der Waals surface area contributed by atoms with Crippen molar-refractivity contribution in [3.63, 3.8) is 0 Å². The van der Waals surface area contributed by atoms with Crippen LogP contribution in [-0.4, -0.2) is 83.7 Å². The Labute approximate surface area is 194 Å². The van der Waals surface area contributed by atoms with Gasteiger partial charge in [0.05, 0.1) is 6.23 Å². The zero-order valence-electron chi connectivity index (χ0n) is 19.1. The maximum absolute atomic E-state index is 11.4. The number of fused-ring (bicyclic) bond motifs is 2. The van der Waals surface area contributed by atoms with Crippen LogP contribution >= 0.6 is 0 Å². The quantitative estimate of drug-likeness (QED) is 0.365. The van der Waals surface area contributed by atoms with Crippen LogP contribution in [0.3, 0.4) is 0 Å². The summed E-state index contributed by atoms with van der Waals surface area (Å²) < 4.78 is 49.8. The number of hydrogen-bond donors (Lipinski definition) is 3. The SMILES string of the molecule is CC[Si]1CO[Si](O)(CC)O[Si]2(CC)O[Si](O)(CC)O[Si](CC)(O[Si]O)O[Si](CC)(O1)O2. The molecular formula is C13H35O11Si7. The van der Waals surface area contributed by atoms with Crippen molar-refractivity contribution in [2.24, 2.45) is 0 Å². The first kappa shape index (κ1) is 28.3. The summed E-state index contributed by atoms with van der Waals surface area (Å²) in [5.41, 5.74) is 0. The second-order valence-electron chi connectivity index (χ2n) is 7.23. The van der Waals surface area contributed by atoms with E-state index in [4.69, 9.17) is 33.2 Å². The molecule has 0 amide bonds. The van der Waals surface area contributed by atoms with E-state index in [2.05, 4.69) is 0 Å². The van der Waals surface area contributed by atoms with E-state index in [1.54, 1.807) is 13.8 Å². The third-order valence-electron chi connectivity index (χ3n) is 5.11. The predicted molar refractivity (Wildman–Crippen MR) is 123 cm³/mol. The molecule has 0 aliphatic carbocycles. The molecule has 2 rings (SSSR count). The molecule has 3 radical (unpaired) electrons. The summed E-state index contributed by atoms with van der Waals surface area (Å²) >= 11 is 0. The summed E-state index contributed by atoms with van der Waals surface area (Å²) in [6, 6.07) is 2.06. The zero-order valence-corrected chi connectivity index (χ0v) is 26.1. The molecular weight excluding hydrogens is 529 g/mol. The molecule has 5 unspecified atom stereocenters. The smallest absolute Gasteiger partial charge is 0.414 e. The first-order chi connectivity index (χ1) is 14.5. The third kappa shape index (κ3) is 6.60. The average Bonchev–Trinajstić information content (AvgIpc) is 2.80. The summed E-state index contributed by atoms with van der Waals surface area (Å²) in [5, 5.41) is 0. The van der Waals surface area contributed by atoms with Crippen molar-refractivity contribution in [3.8, 4) is 0 Å². The number of rotatable bonds is 8. The molecule has 0 saturated carbocycles. The Balaban J connectivity index is 2.67. The summed E-state index contributed by atoms with van der Waals surface area (Å²) in [6.45, 7) is 11.0. The highest BCUT2D eigenvalue weighted by molar-refractivity contribution is 6.92. The van der Waals surface area contributed by atoms with Crippen LogP contribution in [0, 0.1) is 0 Å². The second kappa shape index (κ2) is 11.2. The molecule has 2 aliphatic heterocycles. The van der Waals surface area contributed by atoms with Gasteiger partial charge >= 0.3 is 54.0 Å². The monoisotopic (exact) mass is 563 g/mol. The molecule has 0 aromatic heterocycles. The van der Waals surface area contributed by atoms with Gasteiger partial charge in [-0.05, 0) is 6.04 Å². The summed E-state index contributed by atoms with van der Waals surface area (Å²) in [4.78, 5) is 32.1. The molecule has 18 heteroatoms. The van der Waals surface area contributed by atoms with Gasteiger partial charge < -0.3 is 47.6 Å². The first-order valence-electron chi connectivity index (χ1n) is 10.7. The molecule has 181 valence electrons. The molecule has 0 aromatic carbocycles. The van der Waals surface area contributed by atoms with E-state index >= 15 is 0 Å². The van der Waals surface area contributed by atoms with E-state index in [0.717, 1.165) is 0 Å². The minimum absolute atomic E-state index is 0.156. The predicted octanol–water partition coefficient (Wildman–Crippen LogP) is 1.00. The van der Waals surface area contributed by atoms with Crippen molar-refractivity contribution in [2.75, 3.05) is 6.23 Å². The minimum atomic E-state index is -3.91. The topological polar surface area (TPSA) is 135 Å². The zero-order chi connectivity index (χ0) is 23.4. The van der Waals surface area contributed by atoms with Crippen LogP contribution in [0.5, 0.6) is 0 Å². The lowest BCUT2D eigenvalue weighted by Gasteiger charge is -2.49. The lowest BCUT2D eigenvalue weighted by Crippen LogP contribution is -2.74. The largest absolute Gasteiger partial charge is 0.490 e. The van der Waals surface area contributed by atoms with Crippen LogP contribution in [0.25, 0.3) is 0 Å². The molecule has 2 fully saturated rings. The molecule has 11 nitrogen and oxygen atoms in total. The molecule has 2 heterocycles. The average molecular weight is 564 g/mol. The van der Waals surface area contributed by atoms with Gasteiger partial charge in [-0.15, -0.1) is 0 Å². The molecule has 2 aliphatic rings. The molecule has 0 spiro atoms. The highest BCUT2D eigenvalue weighted by atomic mass is 28.6. The van der Waals surface area contributed by atoms with Crippen molar-refractivity contribution < 1.29 is 47.6 Å². The van der Waals surface area contributed by atoms with Gasteiger partial charge in [0.15, 0.2) is 0 Å². The van der Waals surface area contributed by atoms with E-state index < -0.39 is 63.1 Å². The molecule has 3 N–H and O–H groups in total. The normalized spacial score (nSPS) is 42.9. The van der Waals surface area contributed by atoms with Crippen molar-refractivity contribution in [1.29, 1.82) is 0 Å². The standard InChI is InChI=1S/C13H35O11Si7/c1-7-26-13-17-27(15,8-2)20-31(12-6)22-28(16,9-3)21-29(10-4,18-25-14)23-30(11-5,19-26)24-31/h14-16H,7-13H2,1-6H3. The van der Waals surface area contributed by atoms with Crippen LogP contribution in [0.2, 0.25) is 36.3 Å². The van der Waals surface area contributed by atoms with Gasteiger partial charge in [-0.2, -0.15) is 0 Å². The Morgan fingerprint density at radius 3 is 1.87 bits per heavy atom. The van der Waals surface area contributed by atoms with E-state index in [9.17, 15) is 14.4 Å². The maximum Gasteiger partial charge on any atom is 0.490 e. The third-order valence-corrected chi connectivity index (χ3v) is 28.2. The molecule has 5 atom stereocenters. The lowest BCUT2D eigenvalue weighted by molar-refractivity contribution is 0.0662. The Bertz CT molecular complexity index is 598. The Hall–Kier alpha value is 1.08. The van der Waals surface area contributed by atoms with E-state index in [0.29, 0.717) is 18.1 Å². The highest BCUT2D eigenvalue weighted by Crippen LogP contribution is 2.39. The first-order valence-corrected chi connectivity index (χ1v) is 23.2. The van der Waals surface area contributed by atoms with Gasteiger partial charge in [0.25, 0.3) is 0 Å².